The molecule has 152 valence electrons. The lowest BCUT2D eigenvalue weighted by molar-refractivity contribution is -0.139. The second-order valence-electron chi connectivity index (χ2n) is 7.26. The summed E-state index contributed by atoms with van der Waals surface area (Å²) < 4.78 is 41.0. The highest BCUT2D eigenvalue weighted by Gasteiger charge is 2.39. The molecule has 0 spiro atoms. The molecule has 1 aliphatic rings. The van der Waals surface area contributed by atoms with Gasteiger partial charge in [0.2, 0.25) is 0 Å². The Bertz CT molecular complexity index is 832. The molecular weight excluding hydrogens is 363 g/mol. The van der Waals surface area contributed by atoms with Crippen molar-refractivity contribution in [1.29, 1.82) is 0 Å². The number of nitrogens with two attached hydrogens (primary N) is 1. The van der Waals surface area contributed by atoms with Gasteiger partial charge in [0.15, 0.2) is 0 Å². The average molecular weight is 391 g/mol. The van der Waals surface area contributed by atoms with Crippen LogP contribution in [0.5, 0.6) is 0 Å². The van der Waals surface area contributed by atoms with E-state index in [0.717, 1.165) is 53.3 Å². The van der Waals surface area contributed by atoms with Crippen molar-refractivity contribution in [3.05, 3.63) is 75.4 Å². The van der Waals surface area contributed by atoms with Crippen LogP contribution in [0.25, 0.3) is 6.08 Å². The molecule has 28 heavy (non-hydrogen) atoms. The predicted octanol–water partition coefficient (Wildman–Crippen LogP) is 5.53. The molecule has 3 rings (SSSR count). The second-order valence-corrected chi connectivity index (χ2v) is 7.26. The zero-order valence-electron chi connectivity index (χ0n) is 16.8. The van der Waals surface area contributed by atoms with Crippen LogP contribution in [0.1, 0.15) is 57.3 Å². The van der Waals surface area contributed by atoms with Crippen molar-refractivity contribution in [1.82, 2.24) is 0 Å². The van der Waals surface area contributed by atoms with Gasteiger partial charge < -0.3 is 10.8 Å². The fourth-order valence-electron chi connectivity index (χ4n) is 3.64. The smallest absolute Gasteiger partial charge is 0.399 e. The van der Waals surface area contributed by atoms with Crippen molar-refractivity contribution in [2.24, 2.45) is 5.73 Å². The Morgan fingerprint density at radius 2 is 1.68 bits per heavy atom. The number of aliphatic hydroxyl groups is 1. The third kappa shape index (κ3) is 4.83. The van der Waals surface area contributed by atoms with E-state index in [-0.39, 0.29) is 11.6 Å². The van der Waals surface area contributed by atoms with E-state index in [0.29, 0.717) is 0 Å². The Hall–Kier alpha value is -2.11. The molecule has 2 unspecified atom stereocenters. The lowest BCUT2D eigenvalue weighted by Gasteiger charge is -2.19. The maximum absolute atomic E-state index is 13.7. The normalized spacial score (nSPS) is 17.2. The van der Waals surface area contributed by atoms with Crippen LogP contribution < -0.4 is 5.73 Å². The molecule has 2 nitrogen and oxygen atoms in total. The lowest BCUT2D eigenvalue weighted by atomic mass is 9.91. The maximum Gasteiger partial charge on any atom is 0.399 e. The molecule has 5 heteroatoms. The minimum absolute atomic E-state index is 0.0458. The van der Waals surface area contributed by atoms with E-state index >= 15 is 0 Å². The van der Waals surface area contributed by atoms with Gasteiger partial charge in [0.1, 0.15) is 0 Å². The molecule has 0 radical (unpaired) electrons. The maximum atomic E-state index is 13.7. The molecule has 0 fully saturated rings. The van der Waals surface area contributed by atoms with Crippen LogP contribution in [0.4, 0.5) is 13.2 Å². The highest BCUT2D eigenvalue weighted by molar-refractivity contribution is 5.55. The lowest BCUT2D eigenvalue weighted by Crippen LogP contribution is -2.19. The summed E-state index contributed by atoms with van der Waals surface area (Å²) in [5.41, 5.74) is 12.2. The number of benzene rings is 2. The highest BCUT2D eigenvalue weighted by Crippen LogP contribution is 2.38. The van der Waals surface area contributed by atoms with Crippen LogP contribution in [0.3, 0.4) is 0 Å². The van der Waals surface area contributed by atoms with Gasteiger partial charge in [0.05, 0.1) is 5.92 Å². The number of rotatable bonds is 3. The second kappa shape index (κ2) is 8.93. The van der Waals surface area contributed by atoms with Crippen LogP contribution in [0.2, 0.25) is 0 Å². The van der Waals surface area contributed by atoms with Gasteiger partial charge in [-0.1, -0.05) is 42.5 Å². The minimum Gasteiger partial charge on any atom is -0.400 e. The molecule has 2 aromatic rings. The SMILES string of the molecule is CO.Cc1cc(C(/C=C/c2ccc3c(c2)CCC3N)C(F)(F)F)cc(C)c1C. The molecular formula is C23H28F3NO. The number of aliphatic hydroxyl groups excluding tert-OH is 1. The molecule has 0 saturated carbocycles. The van der Waals surface area contributed by atoms with Gasteiger partial charge in [-0.3, -0.25) is 0 Å². The molecule has 0 amide bonds. The van der Waals surface area contributed by atoms with Crippen molar-refractivity contribution in [2.45, 2.75) is 51.7 Å². The summed E-state index contributed by atoms with van der Waals surface area (Å²) in [6.45, 7) is 5.64. The van der Waals surface area contributed by atoms with E-state index in [4.69, 9.17) is 10.8 Å². The standard InChI is InChI=1S/C22H24F3N.CH4O/c1-13-10-18(11-14(2)15(13)3)20(22(23,24)25)8-5-16-4-7-19-17(12-16)6-9-21(19)26;1-2/h4-5,7-8,10-12,20-21H,6,9,26H2,1-3H3;2H,1H3/b8-5+;. The summed E-state index contributed by atoms with van der Waals surface area (Å²) >= 11 is 0. The first-order valence-corrected chi connectivity index (χ1v) is 9.32. The number of hydrogen-bond donors (Lipinski definition) is 2. The zero-order chi connectivity index (χ0) is 21.1. The molecule has 0 aliphatic heterocycles. The molecule has 2 atom stereocenters. The zero-order valence-corrected chi connectivity index (χ0v) is 16.8. The van der Waals surface area contributed by atoms with Crippen molar-refractivity contribution < 1.29 is 18.3 Å². The van der Waals surface area contributed by atoms with E-state index < -0.39 is 12.1 Å². The molecule has 0 heterocycles. The number of fused-ring (bicyclic) bond motifs is 1. The van der Waals surface area contributed by atoms with Crippen molar-refractivity contribution in [3.63, 3.8) is 0 Å². The first-order valence-electron chi connectivity index (χ1n) is 9.32. The van der Waals surface area contributed by atoms with Gasteiger partial charge in [0, 0.05) is 13.2 Å². The van der Waals surface area contributed by atoms with E-state index in [2.05, 4.69) is 0 Å². The highest BCUT2D eigenvalue weighted by atomic mass is 19.4. The van der Waals surface area contributed by atoms with Gasteiger partial charge in [-0.05, 0) is 72.6 Å². The summed E-state index contributed by atoms with van der Waals surface area (Å²) in [6, 6.07) is 9.08. The number of allylic oxidation sites excluding steroid dienone is 1. The third-order valence-corrected chi connectivity index (χ3v) is 5.43. The Morgan fingerprint density at radius 3 is 2.25 bits per heavy atom. The Kier molecular flexibility index (Phi) is 7.07. The van der Waals surface area contributed by atoms with Gasteiger partial charge >= 0.3 is 6.18 Å². The summed E-state index contributed by atoms with van der Waals surface area (Å²) in [5, 5.41) is 7.00. The average Bonchev–Trinajstić information content (AvgIpc) is 3.01. The van der Waals surface area contributed by atoms with Crippen molar-refractivity contribution >= 4 is 6.08 Å². The first kappa shape index (κ1) is 22.2. The van der Waals surface area contributed by atoms with Crippen molar-refractivity contribution in [2.75, 3.05) is 7.11 Å². The minimum atomic E-state index is -4.33. The largest absolute Gasteiger partial charge is 0.400 e. The summed E-state index contributed by atoms with van der Waals surface area (Å²) in [7, 11) is 1.00. The Labute approximate surface area is 164 Å². The molecule has 3 N–H and O–H groups in total. The first-order chi connectivity index (χ1) is 13.2. The summed E-state index contributed by atoms with van der Waals surface area (Å²) in [4.78, 5) is 0. The van der Waals surface area contributed by atoms with E-state index in [1.165, 1.54) is 6.08 Å². The molecule has 0 bridgehead atoms. The van der Waals surface area contributed by atoms with E-state index in [1.807, 2.05) is 39.0 Å². The molecule has 2 aromatic carbocycles. The van der Waals surface area contributed by atoms with Crippen LogP contribution in [-0.4, -0.2) is 18.4 Å². The number of hydrogen-bond acceptors (Lipinski definition) is 2. The fraction of sp³-hybridized carbons (Fsp3) is 0.391. The number of halogens is 3. The van der Waals surface area contributed by atoms with Gasteiger partial charge in [-0.25, -0.2) is 0 Å². The summed E-state index contributed by atoms with van der Waals surface area (Å²) in [6.07, 6.45) is 0.295. The number of aryl methyl sites for hydroxylation is 3. The molecule has 0 saturated heterocycles. The monoisotopic (exact) mass is 391 g/mol. The Balaban J connectivity index is 0.00000136. The quantitative estimate of drug-likeness (QED) is 0.723. The van der Waals surface area contributed by atoms with E-state index in [1.54, 1.807) is 18.2 Å². The van der Waals surface area contributed by atoms with Gasteiger partial charge in [-0.2, -0.15) is 13.2 Å². The molecule has 0 aromatic heterocycles. The Morgan fingerprint density at radius 1 is 1.07 bits per heavy atom. The predicted molar refractivity (Wildman–Crippen MR) is 108 cm³/mol. The third-order valence-electron chi connectivity index (χ3n) is 5.43. The topological polar surface area (TPSA) is 46.2 Å². The van der Waals surface area contributed by atoms with Crippen LogP contribution in [0, 0.1) is 20.8 Å². The van der Waals surface area contributed by atoms with Gasteiger partial charge in [0.25, 0.3) is 0 Å². The number of alkyl halides is 3. The van der Waals surface area contributed by atoms with Crippen molar-refractivity contribution in [3.8, 4) is 0 Å². The fourth-order valence-corrected chi connectivity index (χ4v) is 3.64. The van der Waals surface area contributed by atoms with Crippen LogP contribution in [0.15, 0.2) is 36.4 Å². The molecule has 1 aliphatic carbocycles. The van der Waals surface area contributed by atoms with Gasteiger partial charge in [-0.15, -0.1) is 0 Å². The van der Waals surface area contributed by atoms with E-state index in [9.17, 15) is 13.2 Å². The summed E-state index contributed by atoms with van der Waals surface area (Å²) in [5.74, 6) is -1.61. The van der Waals surface area contributed by atoms with Crippen LogP contribution in [-0.2, 0) is 6.42 Å². The van der Waals surface area contributed by atoms with Crippen LogP contribution >= 0.6 is 0 Å².